The van der Waals surface area contributed by atoms with E-state index in [-0.39, 0.29) is 36.9 Å². The summed E-state index contributed by atoms with van der Waals surface area (Å²) in [5.74, 6) is -2.44. The third-order valence-electron chi connectivity index (χ3n) is 4.83. The Hall–Kier alpha value is -2.83. The number of carbonyl (C=O) groups excluding carboxylic acids is 1. The Balaban J connectivity index is 1.75. The van der Waals surface area contributed by atoms with Crippen LogP contribution in [0.3, 0.4) is 0 Å². The zero-order chi connectivity index (χ0) is 19.6. The molecule has 0 saturated carbocycles. The van der Waals surface area contributed by atoms with Crippen LogP contribution in [-0.2, 0) is 22.2 Å². The number of alkyl halides is 3. The fourth-order valence-corrected chi connectivity index (χ4v) is 3.44. The van der Waals surface area contributed by atoms with Crippen LogP contribution in [0.15, 0.2) is 54.6 Å². The second kappa shape index (κ2) is 7.42. The van der Waals surface area contributed by atoms with Gasteiger partial charge >= 0.3 is 12.1 Å². The van der Waals surface area contributed by atoms with Gasteiger partial charge in [0.05, 0.1) is 17.9 Å². The van der Waals surface area contributed by atoms with E-state index in [1.807, 2.05) is 18.2 Å². The molecule has 0 aromatic heterocycles. The highest BCUT2D eigenvalue weighted by molar-refractivity contribution is 5.81. The fourth-order valence-electron chi connectivity index (χ4n) is 3.44. The normalized spacial score (nSPS) is 19.9. The molecule has 4 nitrogen and oxygen atoms in total. The van der Waals surface area contributed by atoms with Crippen LogP contribution in [0.5, 0.6) is 0 Å². The first-order chi connectivity index (χ1) is 12.8. The monoisotopic (exact) mass is 377 g/mol. The molecule has 1 heterocycles. The first-order valence-electron chi connectivity index (χ1n) is 8.47. The van der Waals surface area contributed by atoms with Gasteiger partial charge in [0.2, 0.25) is 5.91 Å². The average molecular weight is 377 g/mol. The topological polar surface area (TPSA) is 57.6 Å². The van der Waals surface area contributed by atoms with Gasteiger partial charge in [-0.15, -0.1) is 0 Å². The van der Waals surface area contributed by atoms with Crippen LogP contribution >= 0.6 is 0 Å². The standard InChI is InChI=1S/C20H18F3NO3/c21-20(22,23)15-8-4-5-13(9-15)10-18(25)24-11-16(17(12-24)19(26)27)14-6-2-1-3-7-14/h1-9,16-17H,10-12H2,(H,26,27). The number of nitrogens with zero attached hydrogens (tertiary/aromatic N) is 1. The lowest BCUT2D eigenvalue weighted by atomic mass is 9.89. The molecule has 1 amide bonds. The average Bonchev–Trinajstić information content (AvgIpc) is 3.08. The molecule has 2 atom stereocenters. The summed E-state index contributed by atoms with van der Waals surface area (Å²) >= 11 is 0. The van der Waals surface area contributed by atoms with E-state index >= 15 is 0 Å². The maximum absolute atomic E-state index is 12.8. The van der Waals surface area contributed by atoms with Crippen molar-refractivity contribution in [3.63, 3.8) is 0 Å². The third kappa shape index (κ3) is 4.30. The van der Waals surface area contributed by atoms with E-state index in [1.54, 1.807) is 12.1 Å². The number of carboxylic acid groups (broad SMARTS) is 1. The van der Waals surface area contributed by atoms with Gasteiger partial charge in [-0.25, -0.2) is 0 Å². The van der Waals surface area contributed by atoms with Crippen molar-refractivity contribution in [2.45, 2.75) is 18.5 Å². The van der Waals surface area contributed by atoms with E-state index < -0.39 is 23.6 Å². The number of aliphatic carboxylic acids is 1. The zero-order valence-corrected chi connectivity index (χ0v) is 14.3. The number of carbonyl (C=O) groups is 2. The van der Waals surface area contributed by atoms with Crippen molar-refractivity contribution in [2.75, 3.05) is 13.1 Å². The van der Waals surface area contributed by atoms with Crippen LogP contribution < -0.4 is 0 Å². The van der Waals surface area contributed by atoms with Crippen molar-refractivity contribution in [2.24, 2.45) is 5.92 Å². The summed E-state index contributed by atoms with van der Waals surface area (Å²) in [4.78, 5) is 25.6. The van der Waals surface area contributed by atoms with Gasteiger partial charge in [0.1, 0.15) is 0 Å². The van der Waals surface area contributed by atoms with Crippen molar-refractivity contribution in [3.8, 4) is 0 Å². The van der Waals surface area contributed by atoms with Gasteiger partial charge in [-0.2, -0.15) is 13.2 Å². The lowest BCUT2D eigenvalue weighted by Gasteiger charge is -2.17. The summed E-state index contributed by atoms with van der Waals surface area (Å²) < 4.78 is 38.5. The number of benzene rings is 2. The number of likely N-dealkylation sites (tertiary alicyclic amines) is 1. The minimum Gasteiger partial charge on any atom is -0.481 e. The molecule has 2 aromatic rings. The molecule has 0 spiro atoms. The summed E-state index contributed by atoms with van der Waals surface area (Å²) in [6.45, 7) is 0.283. The highest BCUT2D eigenvalue weighted by atomic mass is 19.4. The Labute approximate surface area is 154 Å². The minimum atomic E-state index is -4.47. The van der Waals surface area contributed by atoms with Crippen LogP contribution in [0.1, 0.15) is 22.6 Å². The quantitative estimate of drug-likeness (QED) is 0.886. The first kappa shape index (κ1) is 18.9. The molecule has 3 rings (SSSR count). The summed E-state index contributed by atoms with van der Waals surface area (Å²) in [6.07, 6.45) is -4.67. The third-order valence-corrected chi connectivity index (χ3v) is 4.83. The summed E-state index contributed by atoms with van der Waals surface area (Å²) in [6, 6.07) is 13.7. The van der Waals surface area contributed by atoms with Crippen LogP contribution in [0.25, 0.3) is 0 Å². The Bertz CT molecular complexity index is 836. The van der Waals surface area contributed by atoms with Crippen LogP contribution in [0, 0.1) is 5.92 Å². The Morgan fingerprint density at radius 2 is 1.74 bits per heavy atom. The molecule has 1 fully saturated rings. The Kier molecular flexibility index (Phi) is 5.21. The maximum Gasteiger partial charge on any atom is 0.416 e. The Morgan fingerprint density at radius 3 is 2.37 bits per heavy atom. The molecular formula is C20H18F3NO3. The molecule has 1 aliphatic rings. The van der Waals surface area contributed by atoms with E-state index in [2.05, 4.69) is 0 Å². The van der Waals surface area contributed by atoms with Gasteiger partial charge in [0.25, 0.3) is 0 Å². The number of hydrogen-bond acceptors (Lipinski definition) is 2. The molecule has 1 N–H and O–H groups in total. The van der Waals surface area contributed by atoms with E-state index in [9.17, 15) is 27.9 Å². The van der Waals surface area contributed by atoms with Crippen molar-refractivity contribution in [1.29, 1.82) is 0 Å². The van der Waals surface area contributed by atoms with E-state index in [0.29, 0.717) is 0 Å². The van der Waals surface area contributed by atoms with Crippen molar-refractivity contribution in [1.82, 2.24) is 4.90 Å². The molecule has 7 heteroatoms. The highest BCUT2D eigenvalue weighted by Crippen LogP contribution is 2.34. The van der Waals surface area contributed by atoms with Crippen molar-refractivity contribution < 1.29 is 27.9 Å². The van der Waals surface area contributed by atoms with Crippen LogP contribution in [0.4, 0.5) is 13.2 Å². The second-order valence-electron chi connectivity index (χ2n) is 6.64. The number of amides is 1. The molecule has 0 radical (unpaired) electrons. The SMILES string of the molecule is O=C(O)C1CN(C(=O)Cc2cccc(C(F)(F)F)c2)CC1c1ccccc1. The molecule has 2 aromatic carbocycles. The van der Waals surface area contributed by atoms with E-state index in [0.717, 1.165) is 17.7 Å². The largest absolute Gasteiger partial charge is 0.481 e. The fraction of sp³-hybridized carbons (Fsp3) is 0.300. The van der Waals surface area contributed by atoms with Gasteiger partial charge in [-0.05, 0) is 17.2 Å². The number of rotatable bonds is 4. The summed E-state index contributed by atoms with van der Waals surface area (Å²) in [5.41, 5.74) is 0.281. The van der Waals surface area contributed by atoms with Gasteiger partial charge in [0, 0.05) is 19.0 Å². The van der Waals surface area contributed by atoms with Crippen LogP contribution in [0.2, 0.25) is 0 Å². The lowest BCUT2D eigenvalue weighted by Crippen LogP contribution is -2.31. The van der Waals surface area contributed by atoms with Gasteiger partial charge in [0.15, 0.2) is 0 Å². The van der Waals surface area contributed by atoms with Crippen LogP contribution in [-0.4, -0.2) is 35.0 Å². The number of carboxylic acids is 1. The summed E-state index contributed by atoms with van der Waals surface area (Å²) in [5, 5.41) is 9.50. The smallest absolute Gasteiger partial charge is 0.416 e. The predicted octanol–water partition coefficient (Wildman–Crippen LogP) is 3.57. The molecule has 2 unspecified atom stereocenters. The van der Waals surface area contributed by atoms with Crippen molar-refractivity contribution in [3.05, 3.63) is 71.3 Å². The van der Waals surface area contributed by atoms with Gasteiger partial charge in [-0.3, -0.25) is 9.59 Å². The molecule has 1 aliphatic heterocycles. The molecule has 1 saturated heterocycles. The molecule has 142 valence electrons. The molecule has 27 heavy (non-hydrogen) atoms. The minimum absolute atomic E-state index is 0.0483. The van der Waals surface area contributed by atoms with Crippen molar-refractivity contribution >= 4 is 11.9 Å². The van der Waals surface area contributed by atoms with E-state index in [4.69, 9.17) is 0 Å². The number of halogens is 3. The number of hydrogen-bond donors (Lipinski definition) is 1. The van der Waals surface area contributed by atoms with E-state index in [1.165, 1.54) is 17.0 Å². The Morgan fingerprint density at radius 1 is 1.04 bits per heavy atom. The highest BCUT2D eigenvalue weighted by Gasteiger charge is 2.40. The maximum atomic E-state index is 12.8. The van der Waals surface area contributed by atoms with Gasteiger partial charge < -0.3 is 10.0 Å². The zero-order valence-electron chi connectivity index (χ0n) is 14.3. The second-order valence-corrected chi connectivity index (χ2v) is 6.64. The first-order valence-corrected chi connectivity index (χ1v) is 8.47. The molecule has 0 aliphatic carbocycles. The molecular weight excluding hydrogens is 359 g/mol. The summed E-state index contributed by atoms with van der Waals surface area (Å²) in [7, 11) is 0. The predicted molar refractivity (Wildman–Crippen MR) is 92.0 cm³/mol. The molecule has 0 bridgehead atoms. The lowest BCUT2D eigenvalue weighted by molar-refractivity contribution is -0.142. The van der Waals surface area contributed by atoms with Gasteiger partial charge in [-0.1, -0.05) is 48.5 Å².